The summed E-state index contributed by atoms with van der Waals surface area (Å²) in [5.74, 6) is 0.186. The molecule has 18 heavy (non-hydrogen) atoms. The Labute approximate surface area is 108 Å². The fraction of sp³-hybridized carbons (Fsp3) is 0.333. The van der Waals surface area contributed by atoms with Gasteiger partial charge in [-0.3, -0.25) is 0 Å². The lowest BCUT2D eigenvalue weighted by Crippen LogP contribution is -1.96. The van der Waals surface area contributed by atoms with E-state index < -0.39 is 8.60 Å². The third-order valence-corrected chi connectivity index (χ3v) is 2.43. The Morgan fingerprint density at radius 2 is 1.83 bits per heavy atom. The SMILES string of the molecule is C=CCC(CC)c1cccc(O)c1O.OP(O)O. The molecule has 102 valence electrons. The van der Waals surface area contributed by atoms with Crippen LogP contribution in [-0.2, 0) is 0 Å². The molecule has 0 saturated carbocycles. The molecule has 1 aromatic rings. The zero-order valence-electron chi connectivity index (χ0n) is 10.2. The number of aromatic hydroxyl groups is 2. The van der Waals surface area contributed by atoms with E-state index in [-0.39, 0.29) is 17.4 Å². The van der Waals surface area contributed by atoms with Gasteiger partial charge in [0.15, 0.2) is 11.5 Å². The molecule has 0 aromatic heterocycles. The molecule has 0 aliphatic carbocycles. The zero-order chi connectivity index (χ0) is 14.1. The molecule has 0 saturated heterocycles. The lowest BCUT2D eigenvalue weighted by molar-refractivity contribution is 0.368. The average molecular weight is 274 g/mol. The number of hydrogen-bond acceptors (Lipinski definition) is 5. The average Bonchev–Trinajstić information content (AvgIpc) is 2.29. The molecule has 6 heteroatoms. The predicted octanol–water partition coefficient (Wildman–Crippen LogP) is 2.36. The summed E-state index contributed by atoms with van der Waals surface area (Å²) in [5, 5.41) is 19.0. The second-order valence-corrected chi connectivity index (χ2v) is 4.15. The van der Waals surface area contributed by atoms with Crippen LogP contribution in [-0.4, -0.2) is 24.9 Å². The summed E-state index contributed by atoms with van der Waals surface area (Å²) in [5.41, 5.74) is 0.799. The number of phenolic OH excluding ortho intramolecular Hbond substituents is 2. The van der Waals surface area contributed by atoms with Crippen LogP contribution in [0.1, 0.15) is 31.2 Å². The van der Waals surface area contributed by atoms with E-state index in [4.69, 9.17) is 14.7 Å². The molecule has 0 bridgehead atoms. The maximum absolute atomic E-state index is 9.64. The van der Waals surface area contributed by atoms with Gasteiger partial charge < -0.3 is 24.9 Å². The Morgan fingerprint density at radius 3 is 2.28 bits per heavy atom. The quantitative estimate of drug-likeness (QED) is 0.329. The fourth-order valence-electron chi connectivity index (χ4n) is 1.59. The molecule has 0 amide bonds. The topological polar surface area (TPSA) is 101 Å². The van der Waals surface area contributed by atoms with E-state index in [1.54, 1.807) is 6.07 Å². The van der Waals surface area contributed by atoms with E-state index in [0.29, 0.717) is 0 Å². The smallest absolute Gasteiger partial charge is 0.324 e. The molecule has 1 unspecified atom stereocenters. The molecule has 5 nitrogen and oxygen atoms in total. The Morgan fingerprint density at radius 1 is 1.28 bits per heavy atom. The lowest BCUT2D eigenvalue weighted by atomic mass is 9.92. The van der Waals surface area contributed by atoms with Crippen LogP contribution in [0, 0.1) is 0 Å². The minimum Gasteiger partial charge on any atom is -0.504 e. The number of benzene rings is 1. The maximum Gasteiger partial charge on any atom is 0.324 e. The highest BCUT2D eigenvalue weighted by Crippen LogP contribution is 2.36. The number of hydrogen-bond donors (Lipinski definition) is 5. The van der Waals surface area contributed by atoms with Crippen molar-refractivity contribution in [1.82, 2.24) is 0 Å². The first kappa shape index (κ1) is 16.9. The molecule has 0 radical (unpaired) electrons. The molecule has 1 aromatic carbocycles. The first-order valence-electron chi connectivity index (χ1n) is 5.42. The summed E-state index contributed by atoms with van der Waals surface area (Å²) < 4.78 is 0. The van der Waals surface area contributed by atoms with E-state index in [1.807, 2.05) is 12.1 Å². The van der Waals surface area contributed by atoms with Crippen LogP contribution in [0.2, 0.25) is 0 Å². The summed E-state index contributed by atoms with van der Waals surface area (Å²) in [6, 6.07) is 5.07. The maximum atomic E-state index is 9.64. The van der Waals surface area contributed by atoms with Crippen LogP contribution in [0.3, 0.4) is 0 Å². The van der Waals surface area contributed by atoms with Crippen LogP contribution in [0.5, 0.6) is 11.5 Å². The van der Waals surface area contributed by atoms with Crippen molar-refractivity contribution in [3.05, 3.63) is 36.4 Å². The van der Waals surface area contributed by atoms with Crippen LogP contribution in [0.15, 0.2) is 30.9 Å². The summed E-state index contributed by atoms with van der Waals surface area (Å²) in [4.78, 5) is 21.7. The molecular formula is C12H19O5P. The lowest BCUT2D eigenvalue weighted by Gasteiger charge is -2.15. The van der Waals surface area contributed by atoms with Gasteiger partial charge in [0, 0.05) is 5.56 Å². The van der Waals surface area contributed by atoms with Crippen molar-refractivity contribution in [1.29, 1.82) is 0 Å². The van der Waals surface area contributed by atoms with Crippen molar-refractivity contribution >= 4 is 8.60 Å². The van der Waals surface area contributed by atoms with Crippen LogP contribution in [0.25, 0.3) is 0 Å². The van der Waals surface area contributed by atoms with Gasteiger partial charge in [0.05, 0.1) is 0 Å². The van der Waals surface area contributed by atoms with Gasteiger partial charge in [-0.1, -0.05) is 25.1 Å². The Hall–Kier alpha value is -1.13. The molecule has 1 rings (SSSR count). The second-order valence-electron chi connectivity index (χ2n) is 3.61. The van der Waals surface area contributed by atoms with Gasteiger partial charge >= 0.3 is 8.60 Å². The second kappa shape index (κ2) is 8.89. The molecular weight excluding hydrogens is 255 g/mol. The fourth-order valence-corrected chi connectivity index (χ4v) is 1.59. The minimum atomic E-state index is -2.62. The third kappa shape index (κ3) is 5.98. The molecule has 0 aliphatic rings. The van der Waals surface area contributed by atoms with Gasteiger partial charge in [-0.2, -0.15) is 0 Å². The van der Waals surface area contributed by atoms with Gasteiger partial charge in [-0.05, 0) is 24.8 Å². The van der Waals surface area contributed by atoms with Crippen molar-refractivity contribution in [2.75, 3.05) is 0 Å². The first-order chi connectivity index (χ1) is 8.43. The number of rotatable bonds is 4. The van der Waals surface area contributed by atoms with Crippen molar-refractivity contribution in [3.63, 3.8) is 0 Å². The highest BCUT2D eigenvalue weighted by atomic mass is 31.2. The predicted molar refractivity (Wildman–Crippen MR) is 71.2 cm³/mol. The van der Waals surface area contributed by atoms with E-state index in [2.05, 4.69) is 13.5 Å². The van der Waals surface area contributed by atoms with Crippen molar-refractivity contribution in [2.45, 2.75) is 25.7 Å². The summed E-state index contributed by atoms with van der Waals surface area (Å²) in [6.07, 6.45) is 3.56. The highest BCUT2D eigenvalue weighted by Gasteiger charge is 2.14. The number of phenols is 2. The minimum absolute atomic E-state index is 0.00111. The summed E-state index contributed by atoms with van der Waals surface area (Å²) >= 11 is 0. The number of para-hydroxylation sites is 1. The number of allylic oxidation sites excluding steroid dienone is 1. The third-order valence-electron chi connectivity index (χ3n) is 2.43. The van der Waals surface area contributed by atoms with Crippen LogP contribution >= 0.6 is 8.60 Å². The Kier molecular flexibility index (Phi) is 8.33. The van der Waals surface area contributed by atoms with E-state index in [1.165, 1.54) is 6.07 Å². The Balaban J connectivity index is 0.000000631. The first-order valence-corrected chi connectivity index (χ1v) is 6.62. The van der Waals surface area contributed by atoms with E-state index in [0.717, 1.165) is 18.4 Å². The standard InChI is InChI=1S/C12H16O2.H3O3P/c1-3-6-9(4-2)10-7-5-8-11(13)12(10)14;1-4(2)3/h3,5,7-9,13-14H,1,4,6H2,2H3;1-3H. The molecule has 5 N–H and O–H groups in total. The molecule has 0 spiro atoms. The van der Waals surface area contributed by atoms with Gasteiger partial charge in [0.2, 0.25) is 0 Å². The Bertz CT molecular complexity index is 365. The molecule has 0 heterocycles. The van der Waals surface area contributed by atoms with Crippen molar-refractivity contribution in [2.24, 2.45) is 0 Å². The molecule has 0 aliphatic heterocycles. The van der Waals surface area contributed by atoms with E-state index >= 15 is 0 Å². The molecule has 1 atom stereocenters. The summed E-state index contributed by atoms with van der Waals surface area (Å²) in [7, 11) is -2.62. The monoisotopic (exact) mass is 274 g/mol. The highest BCUT2D eigenvalue weighted by molar-refractivity contribution is 7.38. The normalized spacial score (nSPS) is 11.6. The zero-order valence-corrected chi connectivity index (χ0v) is 11.1. The van der Waals surface area contributed by atoms with Crippen LogP contribution in [0.4, 0.5) is 0 Å². The van der Waals surface area contributed by atoms with Gasteiger partial charge in [0.25, 0.3) is 0 Å². The van der Waals surface area contributed by atoms with Gasteiger partial charge in [0.1, 0.15) is 0 Å². The summed E-state index contributed by atoms with van der Waals surface area (Å²) in [6.45, 7) is 5.74. The van der Waals surface area contributed by atoms with Gasteiger partial charge in [-0.25, -0.2) is 0 Å². The van der Waals surface area contributed by atoms with Gasteiger partial charge in [-0.15, -0.1) is 6.58 Å². The van der Waals surface area contributed by atoms with E-state index in [9.17, 15) is 10.2 Å². The largest absolute Gasteiger partial charge is 0.504 e. The van der Waals surface area contributed by atoms with Crippen molar-refractivity contribution < 1.29 is 24.9 Å². The molecule has 0 fully saturated rings. The van der Waals surface area contributed by atoms with Crippen molar-refractivity contribution in [3.8, 4) is 11.5 Å². The van der Waals surface area contributed by atoms with Crippen LogP contribution < -0.4 is 0 Å².